The van der Waals surface area contributed by atoms with E-state index in [0.29, 0.717) is 18.7 Å². The lowest BCUT2D eigenvalue weighted by Gasteiger charge is -2.36. The van der Waals surface area contributed by atoms with Crippen LogP contribution in [-0.4, -0.2) is 76.5 Å². The monoisotopic (exact) mass is 448 g/mol. The van der Waals surface area contributed by atoms with Gasteiger partial charge in [-0.1, -0.05) is 18.2 Å². The Labute approximate surface area is 192 Å². The largest absolute Gasteiger partial charge is 0.368 e. The zero-order valence-electron chi connectivity index (χ0n) is 18.6. The van der Waals surface area contributed by atoms with Gasteiger partial charge in [-0.25, -0.2) is 15.0 Å². The molecular formula is C24H28N6OS. The number of benzene rings is 1. The fraction of sp³-hybridized carbons (Fsp3) is 0.417. The Kier molecular flexibility index (Phi) is 5.87. The van der Waals surface area contributed by atoms with Gasteiger partial charge in [0.1, 0.15) is 5.82 Å². The second-order valence-electron chi connectivity index (χ2n) is 8.36. The van der Waals surface area contributed by atoms with E-state index in [1.54, 1.807) is 0 Å². The molecule has 7 nitrogen and oxygen atoms in total. The summed E-state index contributed by atoms with van der Waals surface area (Å²) in [5, 5.41) is 0.966. The molecule has 0 atom stereocenters. The quantitative estimate of drug-likeness (QED) is 0.610. The maximum atomic E-state index is 13.4. The molecule has 2 saturated heterocycles. The lowest BCUT2D eigenvalue weighted by molar-refractivity contribution is 0.0735. The summed E-state index contributed by atoms with van der Waals surface area (Å²) >= 11 is 1.96. The summed E-state index contributed by atoms with van der Waals surface area (Å²) in [7, 11) is 0. The summed E-state index contributed by atoms with van der Waals surface area (Å²) in [6.07, 6.45) is 0. The van der Waals surface area contributed by atoms with Crippen LogP contribution in [-0.2, 0) is 0 Å². The average Bonchev–Trinajstić information content (AvgIpc) is 2.84. The van der Waals surface area contributed by atoms with Gasteiger partial charge in [-0.15, -0.1) is 0 Å². The van der Waals surface area contributed by atoms with Gasteiger partial charge in [0.05, 0.1) is 5.39 Å². The summed E-state index contributed by atoms with van der Waals surface area (Å²) in [5.74, 6) is 3.14. The third-order valence-electron chi connectivity index (χ3n) is 6.16. The Morgan fingerprint density at radius 2 is 1.59 bits per heavy atom. The van der Waals surface area contributed by atoms with Crippen molar-refractivity contribution in [1.82, 2.24) is 19.9 Å². The van der Waals surface area contributed by atoms with E-state index in [2.05, 4.69) is 44.9 Å². The summed E-state index contributed by atoms with van der Waals surface area (Å²) in [6.45, 7) is 8.81. The van der Waals surface area contributed by atoms with Crippen molar-refractivity contribution in [1.29, 1.82) is 0 Å². The van der Waals surface area contributed by atoms with Gasteiger partial charge < -0.3 is 14.7 Å². The predicted molar refractivity (Wildman–Crippen MR) is 131 cm³/mol. The maximum absolute atomic E-state index is 13.4. The van der Waals surface area contributed by atoms with Gasteiger partial charge in [0.2, 0.25) is 5.82 Å². The number of rotatable bonds is 3. The molecule has 0 unspecified atom stereocenters. The molecule has 0 spiro atoms. The fourth-order valence-corrected chi connectivity index (χ4v) is 5.41. The second-order valence-corrected chi connectivity index (χ2v) is 9.59. The highest BCUT2D eigenvalue weighted by Crippen LogP contribution is 2.29. The number of fused-ring (bicyclic) bond motifs is 1. The molecule has 0 bridgehead atoms. The minimum Gasteiger partial charge on any atom is -0.368 e. The first-order chi connectivity index (χ1) is 15.6. The van der Waals surface area contributed by atoms with Gasteiger partial charge in [-0.2, -0.15) is 11.8 Å². The van der Waals surface area contributed by atoms with Crippen molar-refractivity contribution in [3.05, 3.63) is 53.5 Å². The molecule has 1 amide bonds. The molecule has 2 aromatic heterocycles. The second kappa shape index (κ2) is 8.94. The van der Waals surface area contributed by atoms with Crippen molar-refractivity contribution in [2.24, 2.45) is 0 Å². The first kappa shape index (κ1) is 21.0. The van der Waals surface area contributed by atoms with Crippen molar-refractivity contribution in [2.45, 2.75) is 13.8 Å². The Bertz CT molecular complexity index is 1120. The molecule has 0 aliphatic carbocycles. The van der Waals surface area contributed by atoms with Gasteiger partial charge >= 0.3 is 0 Å². The van der Waals surface area contributed by atoms with Crippen molar-refractivity contribution in [2.75, 3.05) is 60.6 Å². The van der Waals surface area contributed by atoms with E-state index in [9.17, 15) is 4.79 Å². The molecule has 2 aliphatic rings. The molecule has 5 rings (SSSR count). The van der Waals surface area contributed by atoms with E-state index in [0.717, 1.165) is 60.1 Å². The smallest absolute Gasteiger partial charge is 0.291 e. The van der Waals surface area contributed by atoms with E-state index in [1.165, 1.54) is 5.69 Å². The summed E-state index contributed by atoms with van der Waals surface area (Å²) in [4.78, 5) is 34.0. The number of aromatic nitrogens is 3. The van der Waals surface area contributed by atoms with Crippen molar-refractivity contribution in [3.63, 3.8) is 0 Å². The molecule has 3 aromatic rings. The third kappa shape index (κ3) is 4.11. The van der Waals surface area contributed by atoms with Crippen LogP contribution in [0.4, 0.5) is 11.5 Å². The number of pyridine rings is 1. The van der Waals surface area contributed by atoms with Gasteiger partial charge in [0, 0.05) is 62.2 Å². The molecule has 0 radical (unpaired) electrons. The van der Waals surface area contributed by atoms with Crippen LogP contribution < -0.4 is 9.80 Å². The number of amides is 1. The molecular weight excluding hydrogens is 420 g/mol. The normalized spacial score (nSPS) is 17.1. The molecule has 1 aromatic carbocycles. The Balaban J connectivity index is 1.44. The van der Waals surface area contributed by atoms with Crippen LogP contribution >= 0.6 is 11.8 Å². The van der Waals surface area contributed by atoms with Gasteiger partial charge in [-0.3, -0.25) is 4.79 Å². The number of hydrogen-bond acceptors (Lipinski definition) is 7. The number of aryl methyl sites for hydroxylation is 2. The summed E-state index contributed by atoms with van der Waals surface area (Å²) < 4.78 is 0. The predicted octanol–water partition coefficient (Wildman–Crippen LogP) is 3.16. The summed E-state index contributed by atoms with van der Waals surface area (Å²) in [5.41, 5.74) is 3.83. The number of anilines is 2. The number of hydrogen-bond donors (Lipinski definition) is 0. The van der Waals surface area contributed by atoms with Gasteiger partial charge in [0.15, 0.2) is 5.65 Å². The zero-order valence-corrected chi connectivity index (χ0v) is 19.4. The molecule has 166 valence electrons. The number of nitrogens with zero attached hydrogens (tertiary/aromatic N) is 6. The zero-order chi connectivity index (χ0) is 22.1. The number of carbonyl (C=O) groups is 1. The summed E-state index contributed by atoms with van der Waals surface area (Å²) in [6, 6.07) is 12.4. The SMILES string of the molecule is Cc1cc(C)c2c(N3CCSCC3)nc(C(=O)N3CCN(c4ccccc4)CC3)nc2n1. The van der Waals surface area contributed by atoms with Crippen molar-refractivity contribution in [3.8, 4) is 0 Å². The van der Waals surface area contributed by atoms with Crippen LogP contribution in [0, 0.1) is 13.8 Å². The Morgan fingerprint density at radius 3 is 2.31 bits per heavy atom. The highest BCUT2D eigenvalue weighted by molar-refractivity contribution is 7.99. The minimum absolute atomic E-state index is 0.104. The number of piperazine rings is 1. The number of carbonyl (C=O) groups excluding carboxylic acids is 1. The minimum atomic E-state index is -0.104. The molecule has 2 aliphatic heterocycles. The first-order valence-corrected chi connectivity index (χ1v) is 12.3. The molecule has 4 heterocycles. The Hall–Kier alpha value is -2.87. The topological polar surface area (TPSA) is 65.5 Å². The highest BCUT2D eigenvalue weighted by Gasteiger charge is 2.27. The average molecular weight is 449 g/mol. The van der Waals surface area contributed by atoms with Crippen LogP contribution in [0.2, 0.25) is 0 Å². The van der Waals surface area contributed by atoms with Crippen LogP contribution in [0.25, 0.3) is 11.0 Å². The van der Waals surface area contributed by atoms with Crippen LogP contribution in [0.3, 0.4) is 0 Å². The highest BCUT2D eigenvalue weighted by atomic mass is 32.2. The van der Waals surface area contributed by atoms with Crippen molar-refractivity contribution >= 4 is 40.2 Å². The molecule has 0 N–H and O–H groups in total. The van der Waals surface area contributed by atoms with Crippen LogP contribution in [0.1, 0.15) is 21.9 Å². The molecule has 32 heavy (non-hydrogen) atoms. The van der Waals surface area contributed by atoms with E-state index < -0.39 is 0 Å². The van der Waals surface area contributed by atoms with Gasteiger partial charge in [-0.05, 0) is 37.6 Å². The number of para-hydroxylation sites is 1. The molecule has 0 saturated carbocycles. The third-order valence-corrected chi connectivity index (χ3v) is 7.11. The standard InChI is InChI=1S/C24H28N6OS/c1-17-16-18(2)25-21-20(17)23(29-12-14-32-15-13-29)27-22(26-21)24(31)30-10-8-28(9-11-30)19-6-4-3-5-7-19/h3-7,16H,8-15H2,1-2H3. The molecule has 2 fully saturated rings. The lowest BCUT2D eigenvalue weighted by Crippen LogP contribution is -2.49. The lowest BCUT2D eigenvalue weighted by atomic mass is 10.1. The van der Waals surface area contributed by atoms with E-state index >= 15 is 0 Å². The maximum Gasteiger partial charge on any atom is 0.291 e. The van der Waals surface area contributed by atoms with Gasteiger partial charge in [0.25, 0.3) is 5.91 Å². The van der Waals surface area contributed by atoms with Crippen LogP contribution in [0.5, 0.6) is 0 Å². The van der Waals surface area contributed by atoms with E-state index in [4.69, 9.17) is 4.98 Å². The Morgan fingerprint density at radius 1 is 0.875 bits per heavy atom. The van der Waals surface area contributed by atoms with Crippen LogP contribution in [0.15, 0.2) is 36.4 Å². The van der Waals surface area contributed by atoms with E-state index in [-0.39, 0.29) is 11.7 Å². The van der Waals surface area contributed by atoms with E-state index in [1.807, 2.05) is 41.8 Å². The molecule has 8 heteroatoms. The first-order valence-electron chi connectivity index (χ1n) is 11.2. The fourth-order valence-electron chi connectivity index (χ4n) is 4.50. The number of thioether (sulfide) groups is 1. The van der Waals surface area contributed by atoms with Crippen molar-refractivity contribution < 1.29 is 4.79 Å².